The number of phenols is 1. The van der Waals surface area contributed by atoms with Crippen LogP contribution in [0.4, 0.5) is 0 Å². The third kappa shape index (κ3) is 4.52. The third-order valence-electron chi connectivity index (χ3n) is 1.84. The fourth-order valence-corrected chi connectivity index (χ4v) is 0.998. The van der Waals surface area contributed by atoms with E-state index in [0.717, 1.165) is 6.08 Å². The largest absolute Gasteiger partial charge is 0.508 e. The highest BCUT2D eigenvalue weighted by Crippen LogP contribution is 2.10. The van der Waals surface area contributed by atoms with Crippen LogP contribution in [0.3, 0.4) is 0 Å². The van der Waals surface area contributed by atoms with E-state index in [9.17, 15) is 9.59 Å². The highest BCUT2D eigenvalue weighted by Gasteiger charge is 2.10. The number of rotatable bonds is 3. The van der Waals surface area contributed by atoms with Gasteiger partial charge in [-0.2, -0.15) is 0 Å². The number of hydrogen-bond acceptors (Lipinski definition) is 5. The average molecular weight is 248 g/mol. The Hall–Kier alpha value is -2.56. The van der Waals surface area contributed by atoms with Gasteiger partial charge in [-0.1, -0.05) is 18.2 Å². The first-order valence-corrected chi connectivity index (χ1v) is 5.14. The van der Waals surface area contributed by atoms with E-state index in [1.54, 1.807) is 19.1 Å². The minimum Gasteiger partial charge on any atom is -0.508 e. The predicted octanol–water partition coefficient (Wildman–Crippen LogP) is 2.14. The number of allylic oxidation sites excluding steroid dienone is 3. The summed E-state index contributed by atoms with van der Waals surface area (Å²) >= 11 is 0. The molecule has 5 heteroatoms. The molecule has 5 nitrogen and oxygen atoms in total. The van der Waals surface area contributed by atoms with Crippen molar-refractivity contribution in [3.63, 3.8) is 0 Å². The number of carbonyl (C=O) groups excluding carboxylic acids is 2. The second kappa shape index (κ2) is 6.90. The molecule has 0 bridgehead atoms. The third-order valence-corrected chi connectivity index (χ3v) is 1.84. The Bertz CT molecular complexity index is 471. The van der Waals surface area contributed by atoms with Crippen LogP contribution in [0.25, 0.3) is 0 Å². The van der Waals surface area contributed by atoms with E-state index < -0.39 is 11.9 Å². The van der Waals surface area contributed by atoms with Crippen molar-refractivity contribution >= 4 is 11.9 Å². The lowest BCUT2D eigenvalue weighted by Gasteiger charge is -2.00. The van der Waals surface area contributed by atoms with E-state index in [-0.39, 0.29) is 11.3 Å². The second-order valence-electron chi connectivity index (χ2n) is 3.20. The smallest absolute Gasteiger partial charge is 0.386 e. The van der Waals surface area contributed by atoms with Crippen molar-refractivity contribution in [2.45, 2.75) is 6.92 Å². The molecule has 1 rings (SSSR count). The predicted molar refractivity (Wildman–Crippen MR) is 63.6 cm³/mol. The normalized spacial score (nSPS) is 10.7. The lowest BCUT2D eigenvalue weighted by Crippen LogP contribution is -2.09. The van der Waals surface area contributed by atoms with Crippen molar-refractivity contribution < 1.29 is 24.5 Å². The van der Waals surface area contributed by atoms with E-state index in [1.807, 2.05) is 0 Å². The lowest BCUT2D eigenvalue weighted by molar-refractivity contribution is -0.228. The summed E-state index contributed by atoms with van der Waals surface area (Å²) in [4.78, 5) is 31.0. The summed E-state index contributed by atoms with van der Waals surface area (Å²) in [6, 6.07) is 5.34. The van der Waals surface area contributed by atoms with Gasteiger partial charge < -0.3 is 5.11 Å². The molecule has 0 aliphatic carbocycles. The molecule has 0 aliphatic rings. The fourth-order valence-electron chi connectivity index (χ4n) is 0.998. The van der Waals surface area contributed by atoms with Gasteiger partial charge in [0.15, 0.2) is 0 Å². The van der Waals surface area contributed by atoms with Gasteiger partial charge in [-0.15, -0.1) is 0 Å². The molecule has 1 aromatic rings. The zero-order valence-electron chi connectivity index (χ0n) is 9.70. The van der Waals surface area contributed by atoms with E-state index in [1.165, 1.54) is 30.3 Å². The van der Waals surface area contributed by atoms with Crippen molar-refractivity contribution in [3.8, 4) is 5.75 Å². The second-order valence-corrected chi connectivity index (χ2v) is 3.20. The van der Waals surface area contributed by atoms with Gasteiger partial charge in [0.05, 0.1) is 5.56 Å². The quantitative estimate of drug-likeness (QED) is 0.384. The Labute approximate surface area is 104 Å². The van der Waals surface area contributed by atoms with Gasteiger partial charge in [0.25, 0.3) is 0 Å². The van der Waals surface area contributed by atoms with Crippen molar-refractivity contribution in [3.05, 3.63) is 54.1 Å². The summed E-state index contributed by atoms with van der Waals surface area (Å²) in [5.74, 6) is -1.58. The van der Waals surface area contributed by atoms with E-state index in [2.05, 4.69) is 9.78 Å². The monoisotopic (exact) mass is 248 g/mol. The maximum absolute atomic E-state index is 11.4. The summed E-state index contributed by atoms with van der Waals surface area (Å²) in [6.45, 7) is 1.79. The molecule has 1 N–H and O–H groups in total. The maximum Gasteiger partial charge on any atom is 0.386 e. The van der Waals surface area contributed by atoms with Crippen LogP contribution in [0.5, 0.6) is 5.75 Å². The highest BCUT2D eigenvalue weighted by molar-refractivity contribution is 5.90. The highest BCUT2D eigenvalue weighted by atomic mass is 17.2. The summed E-state index contributed by atoms with van der Waals surface area (Å²) in [7, 11) is 0. The topological polar surface area (TPSA) is 72.8 Å². The van der Waals surface area contributed by atoms with Crippen molar-refractivity contribution in [2.24, 2.45) is 0 Å². The minimum atomic E-state index is -0.817. The number of phenolic OH excluding ortho intramolecular Hbond substituents is 1. The number of hydrogen-bond donors (Lipinski definition) is 1. The molecule has 0 atom stereocenters. The molecule has 94 valence electrons. The van der Waals surface area contributed by atoms with Gasteiger partial charge >= 0.3 is 11.9 Å². The fraction of sp³-hybridized carbons (Fsp3) is 0.0769. The molecule has 0 saturated heterocycles. The van der Waals surface area contributed by atoms with Gasteiger partial charge in [0.2, 0.25) is 0 Å². The number of carbonyl (C=O) groups is 2. The lowest BCUT2D eigenvalue weighted by atomic mass is 10.2. The van der Waals surface area contributed by atoms with Crippen LogP contribution in [-0.4, -0.2) is 17.0 Å². The van der Waals surface area contributed by atoms with E-state index in [0.29, 0.717) is 0 Å². The zero-order valence-corrected chi connectivity index (χ0v) is 9.70. The first-order valence-electron chi connectivity index (χ1n) is 5.14. The van der Waals surface area contributed by atoms with Gasteiger partial charge in [0.1, 0.15) is 5.75 Å². The van der Waals surface area contributed by atoms with Crippen LogP contribution >= 0.6 is 0 Å². The van der Waals surface area contributed by atoms with E-state index in [4.69, 9.17) is 5.11 Å². The molecular weight excluding hydrogens is 236 g/mol. The maximum atomic E-state index is 11.4. The van der Waals surface area contributed by atoms with Crippen molar-refractivity contribution in [2.75, 3.05) is 0 Å². The Morgan fingerprint density at radius 1 is 1.11 bits per heavy atom. The summed E-state index contributed by atoms with van der Waals surface area (Å²) in [6.07, 6.45) is 5.93. The molecule has 0 unspecified atom stereocenters. The minimum absolute atomic E-state index is 0.0258. The van der Waals surface area contributed by atoms with Crippen LogP contribution in [0.1, 0.15) is 17.3 Å². The van der Waals surface area contributed by atoms with Gasteiger partial charge in [-0.25, -0.2) is 19.4 Å². The SMILES string of the molecule is C/C=C/C=C/C(=O)OOC(=O)c1ccc(O)cc1. The summed E-state index contributed by atoms with van der Waals surface area (Å²) in [5.41, 5.74) is 0.165. The van der Waals surface area contributed by atoms with Crippen LogP contribution in [0, 0.1) is 0 Å². The molecule has 1 aromatic carbocycles. The molecule has 18 heavy (non-hydrogen) atoms. The van der Waals surface area contributed by atoms with Crippen LogP contribution in [0.15, 0.2) is 48.6 Å². The number of aromatic hydroxyl groups is 1. The van der Waals surface area contributed by atoms with Gasteiger partial charge in [-0.3, -0.25) is 0 Å². The molecule has 0 spiro atoms. The van der Waals surface area contributed by atoms with Crippen molar-refractivity contribution in [1.29, 1.82) is 0 Å². The summed E-state index contributed by atoms with van der Waals surface area (Å²) < 4.78 is 0. The zero-order chi connectivity index (χ0) is 13.4. The van der Waals surface area contributed by atoms with Gasteiger partial charge in [-0.05, 0) is 31.2 Å². The Kier molecular flexibility index (Phi) is 5.18. The number of benzene rings is 1. The molecule has 0 aromatic heterocycles. The molecule has 0 heterocycles. The Morgan fingerprint density at radius 3 is 2.39 bits per heavy atom. The molecular formula is C13H12O5. The Balaban J connectivity index is 2.46. The van der Waals surface area contributed by atoms with Crippen LogP contribution < -0.4 is 0 Å². The van der Waals surface area contributed by atoms with Gasteiger partial charge in [0, 0.05) is 6.08 Å². The van der Waals surface area contributed by atoms with Crippen LogP contribution in [-0.2, 0) is 14.6 Å². The average Bonchev–Trinajstić information content (AvgIpc) is 2.37. The first kappa shape index (κ1) is 13.5. The molecule has 0 fully saturated rings. The standard InChI is InChI=1S/C13H12O5/c1-2-3-4-5-12(15)17-18-13(16)10-6-8-11(14)9-7-10/h2-9,14H,1H3/b3-2+,5-4+. The Morgan fingerprint density at radius 2 is 1.78 bits per heavy atom. The van der Waals surface area contributed by atoms with Crippen molar-refractivity contribution in [1.82, 2.24) is 0 Å². The molecule has 0 radical (unpaired) electrons. The molecule has 0 amide bonds. The van der Waals surface area contributed by atoms with E-state index >= 15 is 0 Å². The molecule has 0 saturated carbocycles. The molecule has 0 aliphatic heterocycles. The summed E-state index contributed by atoms with van der Waals surface area (Å²) in [5, 5.41) is 9.02. The van der Waals surface area contributed by atoms with Crippen LogP contribution in [0.2, 0.25) is 0 Å². The first-order chi connectivity index (χ1) is 8.63.